The third-order valence-corrected chi connectivity index (χ3v) is 4.85. The maximum absolute atomic E-state index is 4.91. The van der Waals surface area contributed by atoms with Crippen LogP contribution in [0.1, 0.15) is 5.56 Å². The van der Waals surface area contributed by atoms with E-state index in [-0.39, 0.29) is 0 Å². The van der Waals surface area contributed by atoms with Crippen molar-refractivity contribution < 1.29 is 0 Å². The molecular formula is C21H24N4. The first-order valence-electron chi connectivity index (χ1n) is 8.90. The molecule has 0 bridgehead atoms. The van der Waals surface area contributed by atoms with Gasteiger partial charge in [0.1, 0.15) is 0 Å². The number of piperazine rings is 1. The average Bonchev–Trinajstić information content (AvgIpc) is 3.09. The van der Waals surface area contributed by atoms with Gasteiger partial charge < -0.3 is 4.90 Å². The van der Waals surface area contributed by atoms with Gasteiger partial charge in [-0.15, -0.1) is 0 Å². The van der Waals surface area contributed by atoms with E-state index < -0.39 is 0 Å². The minimum atomic E-state index is 0.949. The van der Waals surface area contributed by atoms with Crippen molar-refractivity contribution in [2.45, 2.75) is 6.54 Å². The van der Waals surface area contributed by atoms with Gasteiger partial charge in [0.25, 0.3) is 0 Å². The lowest BCUT2D eigenvalue weighted by atomic mass is 10.1. The quantitative estimate of drug-likeness (QED) is 0.733. The highest BCUT2D eigenvalue weighted by Gasteiger charge is 2.18. The SMILES string of the molecule is CN1CCN(Cc2cn(-c3ccccc3)nc2-c2ccccc2)CC1. The molecule has 0 amide bonds. The van der Waals surface area contributed by atoms with E-state index in [1.54, 1.807) is 0 Å². The molecule has 0 N–H and O–H groups in total. The highest BCUT2D eigenvalue weighted by atomic mass is 15.3. The van der Waals surface area contributed by atoms with Gasteiger partial charge in [0.2, 0.25) is 0 Å². The number of benzene rings is 2. The summed E-state index contributed by atoms with van der Waals surface area (Å²) in [6, 6.07) is 20.8. The van der Waals surface area contributed by atoms with Crippen molar-refractivity contribution in [1.29, 1.82) is 0 Å². The maximum Gasteiger partial charge on any atom is 0.0972 e. The van der Waals surface area contributed by atoms with Gasteiger partial charge in [0, 0.05) is 50.0 Å². The van der Waals surface area contributed by atoms with Crippen molar-refractivity contribution >= 4 is 0 Å². The zero-order valence-electron chi connectivity index (χ0n) is 14.7. The van der Waals surface area contributed by atoms with Crippen LogP contribution in [0.3, 0.4) is 0 Å². The summed E-state index contributed by atoms with van der Waals surface area (Å²) in [6.45, 7) is 5.44. The lowest BCUT2D eigenvalue weighted by Crippen LogP contribution is -2.43. The molecule has 0 saturated carbocycles. The van der Waals surface area contributed by atoms with Crippen molar-refractivity contribution in [1.82, 2.24) is 19.6 Å². The van der Waals surface area contributed by atoms with Crippen LogP contribution in [0.2, 0.25) is 0 Å². The predicted octanol–water partition coefficient (Wildman–Crippen LogP) is 3.29. The Morgan fingerprint density at radius 1 is 0.840 bits per heavy atom. The second-order valence-corrected chi connectivity index (χ2v) is 6.73. The fourth-order valence-electron chi connectivity index (χ4n) is 3.32. The first-order valence-corrected chi connectivity index (χ1v) is 8.90. The van der Waals surface area contributed by atoms with Crippen molar-refractivity contribution in [2.75, 3.05) is 33.2 Å². The van der Waals surface area contributed by atoms with Crippen LogP contribution < -0.4 is 0 Å². The molecule has 25 heavy (non-hydrogen) atoms. The molecule has 0 unspecified atom stereocenters. The monoisotopic (exact) mass is 332 g/mol. The molecule has 0 radical (unpaired) electrons. The molecule has 128 valence electrons. The van der Waals surface area contributed by atoms with Gasteiger partial charge in [-0.25, -0.2) is 4.68 Å². The predicted molar refractivity (Wildman–Crippen MR) is 102 cm³/mol. The Bertz CT molecular complexity index is 802. The summed E-state index contributed by atoms with van der Waals surface area (Å²) >= 11 is 0. The molecule has 4 heteroatoms. The summed E-state index contributed by atoms with van der Waals surface area (Å²) in [4.78, 5) is 4.92. The summed E-state index contributed by atoms with van der Waals surface area (Å²) in [5, 5.41) is 4.91. The van der Waals surface area contributed by atoms with Crippen LogP contribution in [0.25, 0.3) is 16.9 Å². The molecule has 1 saturated heterocycles. The average molecular weight is 332 g/mol. The molecule has 0 aliphatic carbocycles. The van der Waals surface area contributed by atoms with E-state index in [0.717, 1.165) is 44.1 Å². The third kappa shape index (κ3) is 3.65. The molecule has 0 spiro atoms. The van der Waals surface area contributed by atoms with Crippen LogP contribution in [0.15, 0.2) is 66.9 Å². The number of para-hydroxylation sites is 1. The second kappa shape index (κ2) is 7.21. The smallest absolute Gasteiger partial charge is 0.0972 e. The largest absolute Gasteiger partial charge is 0.304 e. The Labute approximate surface area is 149 Å². The number of rotatable bonds is 4. The lowest BCUT2D eigenvalue weighted by molar-refractivity contribution is 0.148. The Morgan fingerprint density at radius 2 is 1.48 bits per heavy atom. The summed E-state index contributed by atoms with van der Waals surface area (Å²) in [5.41, 5.74) is 4.66. The molecule has 1 aliphatic rings. The number of hydrogen-bond acceptors (Lipinski definition) is 3. The van der Waals surface area contributed by atoms with Gasteiger partial charge in [0.05, 0.1) is 11.4 Å². The lowest BCUT2D eigenvalue weighted by Gasteiger charge is -2.32. The van der Waals surface area contributed by atoms with E-state index in [1.807, 2.05) is 10.7 Å². The summed E-state index contributed by atoms with van der Waals surface area (Å²) in [6.07, 6.45) is 2.19. The van der Waals surface area contributed by atoms with E-state index in [1.165, 1.54) is 11.1 Å². The maximum atomic E-state index is 4.91. The zero-order valence-corrected chi connectivity index (χ0v) is 14.7. The van der Waals surface area contributed by atoms with E-state index in [0.29, 0.717) is 0 Å². The fraction of sp³-hybridized carbons (Fsp3) is 0.286. The minimum absolute atomic E-state index is 0.949. The summed E-state index contributed by atoms with van der Waals surface area (Å²) < 4.78 is 2.01. The van der Waals surface area contributed by atoms with Crippen LogP contribution in [0.5, 0.6) is 0 Å². The molecule has 2 aromatic carbocycles. The van der Waals surface area contributed by atoms with Gasteiger partial charge in [-0.3, -0.25) is 4.90 Å². The van der Waals surface area contributed by atoms with Crippen LogP contribution in [0, 0.1) is 0 Å². The zero-order chi connectivity index (χ0) is 17.1. The Kier molecular flexibility index (Phi) is 4.63. The van der Waals surface area contributed by atoms with E-state index in [9.17, 15) is 0 Å². The number of nitrogens with zero attached hydrogens (tertiary/aromatic N) is 4. The van der Waals surface area contributed by atoms with Crippen molar-refractivity contribution in [3.8, 4) is 16.9 Å². The molecule has 1 aliphatic heterocycles. The highest BCUT2D eigenvalue weighted by Crippen LogP contribution is 2.25. The van der Waals surface area contributed by atoms with Crippen molar-refractivity contribution in [3.05, 3.63) is 72.4 Å². The molecule has 4 rings (SSSR count). The Balaban J connectivity index is 1.67. The van der Waals surface area contributed by atoms with Crippen molar-refractivity contribution in [2.24, 2.45) is 0 Å². The van der Waals surface area contributed by atoms with Gasteiger partial charge in [-0.05, 0) is 19.2 Å². The molecule has 0 atom stereocenters. The topological polar surface area (TPSA) is 24.3 Å². The van der Waals surface area contributed by atoms with Crippen LogP contribution >= 0.6 is 0 Å². The minimum Gasteiger partial charge on any atom is -0.304 e. The molecule has 1 aromatic heterocycles. The normalized spacial score (nSPS) is 16.2. The van der Waals surface area contributed by atoms with Crippen LogP contribution in [-0.2, 0) is 6.54 Å². The molecule has 4 nitrogen and oxygen atoms in total. The van der Waals surface area contributed by atoms with Crippen LogP contribution in [0.4, 0.5) is 0 Å². The number of aromatic nitrogens is 2. The van der Waals surface area contributed by atoms with Crippen molar-refractivity contribution in [3.63, 3.8) is 0 Å². The number of hydrogen-bond donors (Lipinski definition) is 0. The third-order valence-electron chi connectivity index (χ3n) is 4.85. The first-order chi connectivity index (χ1) is 12.3. The van der Waals surface area contributed by atoms with Gasteiger partial charge in [-0.2, -0.15) is 5.10 Å². The molecule has 2 heterocycles. The van der Waals surface area contributed by atoms with Gasteiger partial charge >= 0.3 is 0 Å². The van der Waals surface area contributed by atoms with E-state index in [2.05, 4.69) is 77.6 Å². The molecular weight excluding hydrogens is 308 g/mol. The summed E-state index contributed by atoms with van der Waals surface area (Å²) in [7, 11) is 2.19. The summed E-state index contributed by atoms with van der Waals surface area (Å²) in [5.74, 6) is 0. The fourth-order valence-corrected chi connectivity index (χ4v) is 3.32. The van der Waals surface area contributed by atoms with Gasteiger partial charge in [0.15, 0.2) is 0 Å². The molecule has 1 fully saturated rings. The van der Waals surface area contributed by atoms with E-state index >= 15 is 0 Å². The Hall–Kier alpha value is -2.43. The highest BCUT2D eigenvalue weighted by molar-refractivity contribution is 5.63. The first kappa shape index (κ1) is 16.1. The number of likely N-dealkylation sites (N-methyl/N-ethyl adjacent to an activating group) is 1. The Morgan fingerprint density at radius 3 is 2.16 bits per heavy atom. The van der Waals surface area contributed by atoms with Crippen LogP contribution in [-0.4, -0.2) is 52.8 Å². The van der Waals surface area contributed by atoms with E-state index in [4.69, 9.17) is 5.10 Å². The molecule has 3 aromatic rings. The standard InChI is InChI=1S/C21H24N4/c1-23-12-14-24(15-13-23)16-19-17-25(20-10-6-3-7-11-20)22-21(19)18-8-4-2-5-9-18/h2-11,17H,12-16H2,1H3. The van der Waals surface area contributed by atoms with Gasteiger partial charge in [-0.1, -0.05) is 48.5 Å². The second-order valence-electron chi connectivity index (χ2n) is 6.73.